The number of methoxy groups -OCH3 is 1. The summed E-state index contributed by atoms with van der Waals surface area (Å²) in [4.78, 5) is 25.9. The van der Waals surface area contributed by atoms with Gasteiger partial charge in [0.1, 0.15) is 17.4 Å². The van der Waals surface area contributed by atoms with Crippen molar-refractivity contribution in [2.45, 2.75) is 6.42 Å². The maximum Gasteiger partial charge on any atom is 0.229 e. The lowest BCUT2D eigenvalue weighted by Gasteiger charge is -2.18. The van der Waals surface area contributed by atoms with Crippen LogP contribution in [0.25, 0.3) is 0 Å². The molecule has 1 aliphatic rings. The van der Waals surface area contributed by atoms with Gasteiger partial charge in [0.15, 0.2) is 0 Å². The molecular weight excluding hydrogens is 366 g/mol. The Bertz CT molecular complexity index is 876. The summed E-state index contributed by atoms with van der Waals surface area (Å²) in [6.07, 6.45) is -0.0778. The van der Waals surface area contributed by atoms with E-state index in [1.54, 1.807) is 12.1 Å². The van der Waals surface area contributed by atoms with Crippen molar-refractivity contribution >= 4 is 34.8 Å². The average molecular weight is 381 g/mol. The van der Waals surface area contributed by atoms with Gasteiger partial charge in [-0.25, -0.2) is 8.78 Å². The summed E-state index contributed by atoms with van der Waals surface area (Å²) in [6.45, 7) is -0.00387. The summed E-state index contributed by atoms with van der Waals surface area (Å²) in [5.41, 5.74) is 0.330. The fourth-order valence-electron chi connectivity index (χ4n) is 2.83. The van der Waals surface area contributed by atoms with Gasteiger partial charge >= 0.3 is 0 Å². The van der Waals surface area contributed by atoms with Crippen molar-refractivity contribution in [3.63, 3.8) is 0 Å². The van der Waals surface area contributed by atoms with Crippen LogP contribution in [0.4, 0.5) is 20.2 Å². The second-order valence-electron chi connectivity index (χ2n) is 5.83. The molecule has 0 aromatic heterocycles. The van der Waals surface area contributed by atoms with Crippen LogP contribution in [0.15, 0.2) is 36.4 Å². The van der Waals surface area contributed by atoms with E-state index in [2.05, 4.69) is 5.32 Å². The number of hydrogen-bond acceptors (Lipinski definition) is 3. The van der Waals surface area contributed by atoms with E-state index in [0.717, 1.165) is 11.0 Å². The molecular formula is C18H15ClF2N2O3. The number of amides is 2. The van der Waals surface area contributed by atoms with Gasteiger partial charge in [-0.15, -0.1) is 0 Å². The topological polar surface area (TPSA) is 58.6 Å². The van der Waals surface area contributed by atoms with E-state index >= 15 is 0 Å². The normalized spacial score (nSPS) is 16.7. The van der Waals surface area contributed by atoms with E-state index in [1.807, 2.05) is 0 Å². The van der Waals surface area contributed by atoms with Crippen molar-refractivity contribution in [3.05, 3.63) is 53.1 Å². The summed E-state index contributed by atoms with van der Waals surface area (Å²) in [5, 5.41) is 3.09. The third kappa shape index (κ3) is 3.62. The minimum absolute atomic E-state index is 0.00387. The number of anilines is 2. The number of nitrogens with one attached hydrogen (secondary N) is 1. The highest BCUT2D eigenvalue weighted by Crippen LogP contribution is 2.31. The predicted octanol–water partition coefficient (Wildman–Crippen LogP) is 3.62. The van der Waals surface area contributed by atoms with Crippen molar-refractivity contribution in [2.75, 3.05) is 23.9 Å². The first-order chi connectivity index (χ1) is 12.4. The zero-order valence-corrected chi connectivity index (χ0v) is 14.5. The van der Waals surface area contributed by atoms with Gasteiger partial charge in [-0.1, -0.05) is 11.6 Å². The van der Waals surface area contributed by atoms with Crippen LogP contribution in [0.2, 0.25) is 5.02 Å². The monoisotopic (exact) mass is 380 g/mol. The van der Waals surface area contributed by atoms with Crippen molar-refractivity contribution in [1.82, 2.24) is 0 Å². The van der Waals surface area contributed by atoms with Crippen molar-refractivity contribution in [1.29, 1.82) is 0 Å². The highest BCUT2D eigenvalue weighted by molar-refractivity contribution is 6.31. The van der Waals surface area contributed by atoms with E-state index < -0.39 is 29.4 Å². The first kappa shape index (κ1) is 18.1. The molecule has 2 aromatic carbocycles. The Balaban J connectivity index is 1.76. The van der Waals surface area contributed by atoms with Gasteiger partial charge in [0.25, 0.3) is 0 Å². The Kier molecular flexibility index (Phi) is 5.08. The highest BCUT2D eigenvalue weighted by atomic mass is 35.5. The molecule has 2 amide bonds. The minimum Gasteiger partial charge on any atom is -0.495 e. The van der Waals surface area contributed by atoms with Crippen LogP contribution in [0.3, 0.4) is 0 Å². The number of halogens is 3. The molecule has 1 N–H and O–H groups in total. The van der Waals surface area contributed by atoms with Crippen LogP contribution in [0.5, 0.6) is 5.75 Å². The van der Waals surface area contributed by atoms with Gasteiger partial charge in [-0.2, -0.15) is 0 Å². The highest BCUT2D eigenvalue weighted by Gasteiger charge is 2.36. The van der Waals surface area contributed by atoms with E-state index in [1.165, 1.54) is 19.2 Å². The van der Waals surface area contributed by atoms with Gasteiger partial charge in [0.05, 0.1) is 24.4 Å². The van der Waals surface area contributed by atoms with E-state index in [0.29, 0.717) is 22.5 Å². The zero-order valence-electron chi connectivity index (χ0n) is 13.8. The summed E-state index contributed by atoms with van der Waals surface area (Å²) >= 11 is 5.93. The molecule has 0 radical (unpaired) electrons. The van der Waals surface area contributed by atoms with Crippen LogP contribution in [0.1, 0.15) is 6.42 Å². The molecule has 5 nitrogen and oxygen atoms in total. The molecule has 1 fully saturated rings. The molecule has 1 unspecified atom stereocenters. The van der Waals surface area contributed by atoms with Crippen LogP contribution in [-0.2, 0) is 9.59 Å². The Morgan fingerprint density at radius 2 is 2.04 bits per heavy atom. The van der Waals surface area contributed by atoms with Crippen molar-refractivity contribution in [2.24, 2.45) is 5.92 Å². The molecule has 0 aliphatic carbocycles. The number of carbonyl (C=O) groups is 2. The van der Waals surface area contributed by atoms with Crippen LogP contribution in [-0.4, -0.2) is 25.5 Å². The summed E-state index contributed by atoms with van der Waals surface area (Å²) < 4.78 is 32.1. The molecule has 136 valence electrons. The summed E-state index contributed by atoms with van der Waals surface area (Å²) in [6, 6.07) is 7.71. The van der Waals surface area contributed by atoms with Gasteiger partial charge in [-0.05, 0) is 30.3 Å². The quantitative estimate of drug-likeness (QED) is 0.881. The third-order valence-electron chi connectivity index (χ3n) is 4.12. The average Bonchev–Trinajstić information content (AvgIpc) is 2.97. The zero-order chi connectivity index (χ0) is 18.8. The Morgan fingerprint density at radius 3 is 2.73 bits per heavy atom. The molecule has 1 heterocycles. The van der Waals surface area contributed by atoms with Crippen molar-refractivity contribution in [3.8, 4) is 5.75 Å². The third-order valence-corrected chi connectivity index (χ3v) is 4.35. The van der Waals surface area contributed by atoms with Gasteiger partial charge < -0.3 is 15.0 Å². The van der Waals surface area contributed by atoms with Gasteiger partial charge in [0, 0.05) is 24.1 Å². The van der Waals surface area contributed by atoms with E-state index in [4.69, 9.17) is 16.3 Å². The first-order valence-corrected chi connectivity index (χ1v) is 8.16. The van der Waals surface area contributed by atoms with Crippen molar-refractivity contribution < 1.29 is 23.1 Å². The fraction of sp³-hybridized carbons (Fsp3) is 0.222. The van der Waals surface area contributed by atoms with E-state index in [-0.39, 0.29) is 18.7 Å². The molecule has 3 rings (SSSR count). The van der Waals surface area contributed by atoms with E-state index in [9.17, 15) is 18.4 Å². The minimum atomic E-state index is -0.851. The lowest BCUT2D eigenvalue weighted by Crippen LogP contribution is -2.28. The molecule has 1 atom stereocenters. The fourth-order valence-corrected chi connectivity index (χ4v) is 3.00. The smallest absolute Gasteiger partial charge is 0.229 e. The SMILES string of the molecule is COc1ccc(Cl)cc1NC(=O)C1CC(=O)N(c2ccc(F)cc2F)C1. The molecule has 0 spiro atoms. The number of benzene rings is 2. The molecule has 2 aromatic rings. The first-order valence-electron chi connectivity index (χ1n) is 7.79. The Morgan fingerprint density at radius 1 is 1.27 bits per heavy atom. The predicted molar refractivity (Wildman–Crippen MR) is 93.5 cm³/mol. The number of rotatable bonds is 4. The van der Waals surface area contributed by atoms with Crippen LogP contribution >= 0.6 is 11.6 Å². The lowest BCUT2D eigenvalue weighted by atomic mass is 10.1. The Hall–Kier alpha value is -2.67. The maximum absolute atomic E-state index is 13.9. The maximum atomic E-state index is 13.9. The second-order valence-corrected chi connectivity index (χ2v) is 6.27. The summed E-state index contributed by atoms with van der Waals surface area (Å²) in [7, 11) is 1.46. The molecule has 1 aliphatic heterocycles. The van der Waals surface area contributed by atoms with Gasteiger partial charge in [-0.3, -0.25) is 9.59 Å². The molecule has 1 saturated heterocycles. The second kappa shape index (κ2) is 7.29. The molecule has 0 saturated carbocycles. The standard InChI is InChI=1S/C18H15ClF2N2O3/c1-26-16-5-2-11(19)7-14(16)22-18(25)10-6-17(24)23(9-10)15-4-3-12(20)8-13(15)21/h2-5,7-8,10H,6,9H2,1H3,(H,22,25). The van der Waals surface area contributed by atoms with Crippen LogP contribution in [0, 0.1) is 17.6 Å². The largest absolute Gasteiger partial charge is 0.495 e. The number of hydrogen-bond donors (Lipinski definition) is 1. The van der Waals surface area contributed by atoms with Gasteiger partial charge in [0.2, 0.25) is 11.8 Å². The number of ether oxygens (including phenoxy) is 1. The molecule has 26 heavy (non-hydrogen) atoms. The number of nitrogens with zero attached hydrogens (tertiary/aromatic N) is 1. The lowest BCUT2D eigenvalue weighted by molar-refractivity contribution is -0.122. The Labute approximate surface area is 153 Å². The van der Waals surface area contributed by atoms with Crippen LogP contribution < -0.4 is 15.0 Å². The molecule has 0 bridgehead atoms. The molecule has 8 heteroatoms. The summed E-state index contributed by atoms with van der Waals surface area (Å²) in [5.74, 6) is -2.67. The number of carbonyl (C=O) groups excluding carboxylic acids is 2.